The highest BCUT2D eigenvalue weighted by molar-refractivity contribution is 6.31. The zero-order valence-corrected chi connectivity index (χ0v) is 61.8. The monoisotopic (exact) mass is 1460 g/mol. The molecule has 0 unspecified atom stereocenters. The highest BCUT2D eigenvalue weighted by Gasteiger charge is 2.56. The van der Waals surface area contributed by atoms with E-state index in [-0.39, 0.29) is 62.5 Å². The number of fused-ring (bicyclic) bond motifs is 2. The van der Waals surface area contributed by atoms with Crippen molar-refractivity contribution in [2.45, 2.75) is 248 Å². The van der Waals surface area contributed by atoms with Crippen molar-refractivity contribution < 1.29 is 79.5 Å². The SMILES string of the molecule is CC[C@H](C)[C@@H]1NC(=O)[C@H](CC(C)C)N(C)C(=O)C[C@@H](C(=O)N2CCC2)N(C)C(=O)[C@H](C2CCCC2)N(C)C(=O)C2(CCCC2)NC(=O)[C@@H]2CC(F)(F)CN2C(=O)[C@H](CCc2ccc(C(F)(F)F)c(Cl)c2)NC(=O)CN(C)C(=O)[C@H](CC2CCCCC2)N(C)C(=O)[C@@H]2CCN2C(=O)[C@H](C)N(C)C1=O. The first kappa shape index (κ1) is 80.5. The van der Waals surface area contributed by atoms with Crippen LogP contribution in [0.15, 0.2) is 18.2 Å². The number of likely N-dealkylation sites (tertiary alicyclic amines) is 1. The predicted molar refractivity (Wildman–Crippen MR) is 367 cm³/mol. The number of hydrogen-bond acceptors (Lipinski definition) is 12. The van der Waals surface area contributed by atoms with E-state index in [4.69, 9.17) is 11.6 Å². The molecule has 4 heterocycles. The summed E-state index contributed by atoms with van der Waals surface area (Å²) in [5.74, 6) is -14.3. The second-order valence-electron chi connectivity index (χ2n) is 30.4. The van der Waals surface area contributed by atoms with Gasteiger partial charge in [-0.1, -0.05) is 110 Å². The van der Waals surface area contributed by atoms with Crippen molar-refractivity contribution in [3.8, 4) is 0 Å². The molecule has 1 aromatic rings. The molecule has 12 amide bonds. The average Bonchev–Trinajstić information content (AvgIpc) is 1.72. The summed E-state index contributed by atoms with van der Waals surface area (Å²) < 4.78 is 74.0. The summed E-state index contributed by atoms with van der Waals surface area (Å²) >= 11 is 6.11. The Morgan fingerprint density at radius 2 is 1.30 bits per heavy atom. The van der Waals surface area contributed by atoms with Crippen molar-refractivity contribution in [1.82, 2.24) is 60.0 Å². The van der Waals surface area contributed by atoms with Crippen LogP contribution in [0.5, 0.6) is 0 Å². The lowest BCUT2D eigenvalue weighted by Crippen LogP contribution is -2.65. The number of alkyl halides is 5. The Balaban J connectivity index is 1.19. The normalized spacial score (nSPS) is 28.7. The first-order valence-corrected chi connectivity index (χ1v) is 36.9. The van der Waals surface area contributed by atoms with E-state index in [1.54, 1.807) is 6.92 Å². The van der Waals surface area contributed by atoms with E-state index in [0.717, 1.165) is 60.1 Å². The molecule has 0 bridgehead atoms. The fourth-order valence-electron chi connectivity index (χ4n) is 16.0. The number of hydrogen-bond donors (Lipinski definition) is 3. The molecule has 8 rings (SSSR count). The van der Waals surface area contributed by atoms with Crippen LogP contribution in [-0.4, -0.2) is 256 Å². The topological polar surface area (TPSA) is 270 Å². The number of rotatable bonds is 11. The Kier molecular flexibility index (Phi) is 26.6. The molecule has 3 aliphatic carbocycles. The Morgan fingerprint density at radius 1 is 0.667 bits per heavy atom. The Hall–Kier alpha value is -7.20. The number of likely N-dealkylation sites (N-methyl/N-ethyl adjacent to an activating group) is 6. The van der Waals surface area contributed by atoms with Gasteiger partial charge in [0.2, 0.25) is 70.9 Å². The number of carbonyl (C=O) groups is 12. The second-order valence-corrected chi connectivity index (χ2v) is 30.8. The minimum absolute atomic E-state index is 0.0186. The zero-order chi connectivity index (χ0) is 75.2. The number of benzene rings is 1. The van der Waals surface area contributed by atoms with Gasteiger partial charge >= 0.3 is 6.18 Å². The number of halogens is 6. The fourth-order valence-corrected chi connectivity index (χ4v) is 16.3. The molecule has 0 aromatic heterocycles. The molecule has 4 aliphatic heterocycles. The lowest BCUT2D eigenvalue weighted by atomic mass is 9.84. The van der Waals surface area contributed by atoms with Crippen LogP contribution >= 0.6 is 11.6 Å². The number of aryl methyl sites for hydroxylation is 1. The van der Waals surface area contributed by atoms with Gasteiger partial charge in [0, 0.05) is 68.3 Å². The Labute approximate surface area is 600 Å². The molecular formula is C72H106ClF5N12O12. The lowest BCUT2D eigenvalue weighted by molar-refractivity contribution is -0.160. The summed E-state index contributed by atoms with van der Waals surface area (Å²) in [4.78, 5) is 190. The van der Waals surface area contributed by atoms with Gasteiger partial charge in [0.25, 0.3) is 5.92 Å². The number of amides is 12. The molecule has 3 saturated carbocycles. The number of carbonyl (C=O) groups excluding carboxylic acids is 12. The third-order valence-electron chi connectivity index (χ3n) is 22.9. The van der Waals surface area contributed by atoms with Crippen LogP contribution in [-0.2, 0) is 70.1 Å². The van der Waals surface area contributed by atoms with Crippen LogP contribution in [0.4, 0.5) is 22.0 Å². The summed E-state index contributed by atoms with van der Waals surface area (Å²) in [6.07, 6.45) is 1.15. The smallest absolute Gasteiger partial charge is 0.343 e. The quantitative estimate of drug-likeness (QED) is 0.215. The van der Waals surface area contributed by atoms with Crippen LogP contribution in [0.1, 0.15) is 181 Å². The van der Waals surface area contributed by atoms with E-state index < -0.39 is 198 Å². The molecule has 30 heteroatoms. The van der Waals surface area contributed by atoms with Gasteiger partial charge in [0.15, 0.2) is 0 Å². The second kappa shape index (κ2) is 33.7. The van der Waals surface area contributed by atoms with E-state index in [9.17, 15) is 51.5 Å². The van der Waals surface area contributed by atoms with Crippen molar-refractivity contribution in [3.05, 3.63) is 34.3 Å². The van der Waals surface area contributed by atoms with Crippen molar-refractivity contribution in [3.63, 3.8) is 0 Å². The van der Waals surface area contributed by atoms with Crippen LogP contribution in [0.2, 0.25) is 5.02 Å². The van der Waals surface area contributed by atoms with Gasteiger partial charge < -0.3 is 60.0 Å². The molecule has 102 heavy (non-hydrogen) atoms. The van der Waals surface area contributed by atoms with E-state index in [1.807, 2.05) is 20.8 Å². The third-order valence-corrected chi connectivity index (χ3v) is 23.2. The summed E-state index contributed by atoms with van der Waals surface area (Å²) in [6, 6.07) is -9.62. The van der Waals surface area contributed by atoms with Crippen molar-refractivity contribution in [1.29, 1.82) is 0 Å². The van der Waals surface area contributed by atoms with Crippen molar-refractivity contribution >= 4 is 82.5 Å². The van der Waals surface area contributed by atoms with Gasteiger partial charge in [-0.05, 0) is 112 Å². The third kappa shape index (κ3) is 18.3. The average molecular weight is 1460 g/mol. The molecule has 4 saturated heterocycles. The molecule has 10 atom stereocenters. The molecule has 24 nitrogen and oxygen atoms in total. The Morgan fingerprint density at radius 3 is 1.87 bits per heavy atom. The Bertz CT molecular complexity index is 3290. The molecule has 0 radical (unpaired) electrons. The van der Waals surface area contributed by atoms with E-state index >= 15 is 28.0 Å². The van der Waals surface area contributed by atoms with E-state index in [1.165, 1.54) is 78.6 Å². The summed E-state index contributed by atoms with van der Waals surface area (Å²) in [5, 5.41) is 7.57. The van der Waals surface area contributed by atoms with Crippen molar-refractivity contribution in [2.24, 2.45) is 23.7 Å². The van der Waals surface area contributed by atoms with E-state index in [0.29, 0.717) is 69.4 Å². The highest BCUT2D eigenvalue weighted by Crippen LogP contribution is 2.40. The standard InChI is InChI=1S/C72H106ClF5N12O12/c1-12-43(4)58-67(100)83(7)44(5)62(95)89-34-29-51(89)65(98)85(9)53(37-45-21-14-13-15-22-45)64(97)82(6)40-56(91)79-50(28-26-46-25-27-48(49(73)36-46)72(76,77)78)63(96)90-41-71(74,75)39-55(90)61(94)81-70(30-18-19-31-70)69(102)87(11)59(47-23-16-17-24-47)68(101)86(10)54(66(99)88-32-20-33-88)38-57(92)84(8)52(35-42(2)3)60(93)80-58/h25,27,36,42-45,47,50-55,58-59H,12-24,26,28-35,37-41H2,1-11H3,(H,79,91)(H,80,93)(H,81,94)/t43-,44-,50-,51-,52-,53-,54-,55-,58-,59-/m0/s1. The molecule has 3 N–H and O–H groups in total. The van der Waals surface area contributed by atoms with Gasteiger partial charge in [-0.3, -0.25) is 57.5 Å². The molecule has 1 aromatic carbocycles. The van der Waals surface area contributed by atoms with Gasteiger partial charge in [-0.2, -0.15) is 13.2 Å². The number of nitrogens with zero attached hydrogens (tertiary/aromatic N) is 9. The molecular weight excluding hydrogens is 1360 g/mol. The van der Waals surface area contributed by atoms with Gasteiger partial charge in [-0.15, -0.1) is 0 Å². The van der Waals surface area contributed by atoms with Gasteiger partial charge in [-0.25, -0.2) is 8.78 Å². The maximum Gasteiger partial charge on any atom is 0.417 e. The zero-order valence-electron chi connectivity index (χ0n) is 61.0. The van der Waals surface area contributed by atoms with Gasteiger partial charge in [0.1, 0.15) is 59.9 Å². The summed E-state index contributed by atoms with van der Waals surface area (Å²) in [5.41, 5.74) is -2.83. The number of nitrogens with one attached hydrogen (secondary N) is 3. The first-order valence-electron chi connectivity index (χ1n) is 36.5. The largest absolute Gasteiger partial charge is 0.417 e. The predicted octanol–water partition coefficient (Wildman–Crippen LogP) is 6.03. The van der Waals surface area contributed by atoms with E-state index in [2.05, 4.69) is 16.0 Å². The maximum atomic E-state index is 16.2. The molecule has 568 valence electrons. The first-order chi connectivity index (χ1) is 47.9. The minimum atomic E-state index is -4.83. The van der Waals surface area contributed by atoms with Gasteiger partial charge in [0.05, 0.1) is 30.1 Å². The fraction of sp³-hybridized carbons (Fsp3) is 0.750. The molecule has 7 aliphatic rings. The molecule has 1 spiro atoms. The molecule has 7 fully saturated rings. The van der Waals surface area contributed by atoms with Crippen LogP contribution < -0.4 is 16.0 Å². The summed E-state index contributed by atoms with van der Waals surface area (Å²) in [6.45, 7) is 7.41. The van der Waals surface area contributed by atoms with Crippen molar-refractivity contribution in [2.75, 3.05) is 75.0 Å². The lowest BCUT2D eigenvalue weighted by Gasteiger charge is -2.45. The van der Waals surface area contributed by atoms with Crippen LogP contribution in [0.3, 0.4) is 0 Å². The minimum Gasteiger partial charge on any atom is -0.343 e. The van der Waals surface area contributed by atoms with Crippen LogP contribution in [0.25, 0.3) is 0 Å². The maximum absolute atomic E-state index is 16.2. The highest BCUT2D eigenvalue weighted by atomic mass is 35.5. The summed E-state index contributed by atoms with van der Waals surface area (Å²) in [7, 11) is 8.30. The van der Waals surface area contributed by atoms with Crippen LogP contribution in [0, 0.1) is 23.7 Å².